The summed E-state index contributed by atoms with van der Waals surface area (Å²) in [6.07, 6.45) is -3.83. The maximum absolute atomic E-state index is 12.0. The fourth-order valence-electron chi connectivity index (χ4n) is 2.11. The maximum Gasteiger partial charge on any atom is 0.410 e. The van der Waals surface area contributed by atoms with Crippen molar-refractivity contribution in [3.63, 3.8) is 0 Å². The van der Waals surface area contributed by atoms with Crippen molar-refractivity contribution in [3.05, 3.63) is 35.9 Å². The predicted octanol–water partition coefficient (Wildman–Crippen LogP) is 2.93. The molecule has 0 bridgehead atoms. The third kappa shape index (κ3) is 6.17. The first-order chi connectivity index (χ1) is 10.9. The number of carbonyl (C=O) groups excluding carboxylic acids is 1. The van der Waals surface area contributed by atoms with Crippen molar-refractivity contribution in [3.8, 4) is 0 Å². The summed E-state index contributed by atoms with van der Waals surface area (Å²) in [6.45, 7) is -0.177. The summed E-state index contributed by atoms with van der Waals surface area (Å²) in [4.78, 5) is 13.5. The number of likely N-dealkylation sites (tertiary alicyclic amines) is 1. The molecule has 0 radical (unpaired) electrons. The number of hydrogen-bond acceptors (Lipinski definition) is 4. The van der Waals surface area contributed by atoms with E-state index < -0.39 is 18.8 Å². The Kier molecular flexibility index (Phi) is 5.84. The monoisotopic (exact) mass is 329 g/mol. The molecule has 1 saturated heterocycles. The fourth-order valence-corrected chi connectivity index (χ4v) is 2.11. The molecule has 1 N–H and O–H groups in total. The van der Waals surface area contributed by atoms with Gasteiger partial charge < -0.3 is 15.1 Å². The summed E-state index contributed by atoms with van der Waals surface area (Å²) in [5.74, 6) is 0. The van der Waals surface area contributed by atoms with Gasteiger partial charge in [-0.2, -0.15) is 18.3 Å². The van der Waals surface area contributed by atoms with Crippen LogP contribution in [0.3, 0.4) is 0 Å². The van der Waals surface area contributed by atoms with Crippen LogP contribution in [0.1, 0.15) is 18.4 Å². The molecule has 1 aromatic carbocycles. The van der Waals surface area contributed by atoms with Crippen molar-refractivity contribution in [2.24, 2.45) is 5.10 Å². The molecule has 8 heteroatoms. The second-order valence-corrected chi connectivity index (χ2v) is 5.16. The van der Waals surface area contributed by atoms with Gasteiger partial charge in [0.15, 0.2) is 0 Å². The van der Waals surface area contributed by atoms with E-state index in [1.807, 2.05) is 35.8 Å². The van der Waals surface area contributed by atoms with Gasteiger partial charge in [-0.1, -0.05) is 30.3 Å². The van der Waals surface area contributed by atoms with Crippen LogP contribution in [0.15, 0.2) is 35.4 Å². The van der Waals surface area contributed by atoms with Crippen LogP contribution < -0.4 is 5.43 Å². The summed E-state index contributed by atoms with van der Waals surface area (Å²) >= 11 is 0. The molecule has 23 heavy (non-hydrogen) atoms. The van der Waals surface area contributed by atoms with E-state index >= 15 is 0 Å². The molecule has 0 atom stereocenters. The minimum atomic E-state index is -4.29. The zero-order valence-electron chi connectivity index (χ0n) is 12.5. The van der Waals surface area contributed by atoms with E-state index in [-0.39, 0.29) is 6.61 Å². The molecule has 1 aliphatic rings. The van der Waals surface area contributed by atoms with Crippen LogP contribution in [0.5, 0.6) is 0 Å². The van der Waals surface area contributed by atoms with Crippen LogP contribution in [0.4, 0.5) is 18.0 Å². The fraction of sp³-hybridized carbons (Fsp3) is 0.467. The minimum Gasteiger partial charge on any atom is -0.445 e. The zero-order chi connectivity index (χ0) is 16.7. The molecule has 0 aromatic heterocycles. The number of nitrogens with zero attached hydrogens (tertiary/aromatic N) is 2. The van der Waals surface area contributed by atoms with Gasteiger partial charge in [0, 0.05) is 31.6 Å². The third-order valence-corrected chi connectivity index (χ3v) is 3.32. The van der Waals surface area contributed by atoms with E-state index in [4.69, 9.17) is 4.74 Å². The van der Waals surface area contributed by atoms with Gasteiger partial charge in [0.05, 0.1) is 0 Å². The largest absolute Gasteiger partial charge is 0.445 e. The highest BCUT2D eigenvalue weighted by molar-refractivity contribution is 5.86. The molecule has 2 rings (SSSR count). The molecular formula is C15H18F3N3O2. The van der Waals surface area contributed by atoms with Gasteiger partial charge >= 0.3 is 12.3 Å². The number of benzene rings is 1. The second kappa shape index (κ2) is 7.85. The zero-order valence-corrected chi connectivity index (χ0v) is 12.5. The Morgan fingerprint density at radius 3 is 2.48 bits per heavy atom. The number of rotatable bonds is 4. The lowest BCUT2D eigenvalue weighted by Crippen LogP contribution is -2.39. The summed E-state index contributed by atoms with van der Waals surface area (Å²) in [5, 5.41) is 3.72. The second-order valence-electron chi connectivity index (χ2n) is 5.16. The van der Waals surface area contributed by atoms with E-state index in [1.165, 1.54) is 4.90 Å². The quantitative estimate of drug-likeness (QED) is 0.864. The number of piperidine rings is 1. The maximum atomic E-state index is 12.0. The average molecular weight is 329 g/mol. The van der Waals surface area contributed by atoms with E-state index in [2.05, 4.69) is 5.10 Å². The molecule has 126 valence electrons. The molecule has 1 heterocycles. The van der Waals surface area contributed by atoms with Crippen LogP contribution >= 0.6 is 0 Å². The highest BCUT2D eigenvalue weighted by Gasteiger charge is 2.27. The van der Waals surface area contributed by atoms with Crippen molar-refractivity contribution in [1.82, 2.24) is 10.3 Å². The Labute approximate surface area is 132 Å². The van der Waals surface area contributed by atoms with Gasteiger partial charge in [-0.15, -0.1) is 0 Å². The smallest absolute Gasteiger partial charge is 0.410 e. The Morgan fingerprint density at radius 2 is 1.87 bits per heavy atom. The first-order valence-electron chi connectivity index (χ1n) is 7.25. The third-order valence-electron chi connectivity index (χ3n) is 3.32. The van der Waals surface area contributed by atoms with Crippen LogP contribution in [-0.2, 0) is 11.3 Å². The normalized spacial score (nSPS) is 15.3. The lowest BCUT2D eigenvalue weighted by atomic mass is 10.1. The number of hydrazone groups is 1. The Morgan fingerprint density at radius 1 is 1.22 bits per heavy atom. The molecular weight excluding hydrogens is 311 g/mol. The number of halogens is 3. The lowest BCUT2D eigenvalue weighted by Gasteiger charge is -2.27. The van der Waals surface area contributed by atoms with Gasteiger partial charge in [0.2, 0.25) is 0 Å². The minimum absolute atomic E-state index is 0.199. The summed E-state index contributed by atoms with van der Waals surface area (Å²) in [6, 6.07) is 9.33. The number of ether oxygens (including phenoxy) is 1. The Hall–Kier alpha value is -2.25. The SMILES string of the molecule is O=C(OCc1ccccc1)N1CCC(=NNCC(F)(F)F)CC1. The van der Waals surface area contributed by atoms with E-state index in [0.29, 0.717) is 31.6 Å². The van der Waals surface area contributed by atoms with Crippen molar-refractivity contribution in [1.29, 1.82) is 0 Å². The van der Waals surface area contributed by atoms with E-state index in [1.54, 1.807) is 0 Å². The molecule has 0 saturated carbocycles. The van der Waals surface area contributed by atoms with Gasteiger partial charge in [-0.25, -0.2) is 4.79 Å². The van der Waals surface area contributed by atoms with E-state index in [0.717, 1.165) is 5.56 Å². The lowest BCUT2D eigenvalue weighted by molar-refractivity contribution is -0.124. The number of carbonyl (C=O) groups is 1. The summed E-state index contributed by atoms with van der Waals surface area (Å²) in [5.41, 5.74) is 3.54. The average Bonchev–Trinajstić information content (AvgIpc) is 2.53. The molecule has 0 spiro atoms. The van der Waals surface area contributed by atoms with Crippen LogP contribution in [0.25, 0.3) is 0 Å². The molecule has 0 aliphatic carbocycles. The van der Waals surface area contributed by atoms with Crippen LogP contribution in [0.2, 0.25) is 0 Å². The topological polar surface area (TPSA) is 53.9 Å². The molecule has 5 nitrogen and oxygen atoms in total. The number of amides is 1. The van der Waals surface area contributed by atoms with E-state index in [9.17, 15) is 18.0 Å². The predicted molar refractivity (Wildman–Crippen MR) is 78.9 cm³/mol. The first kappa shape index (κ1) is 17.1. The van der Waals surface area contributed by atoms with Gasteiger partial charge in [-0.3, -0.25) is 0 Å². The van der Waals surface area contributed by atoms with Crippen LogP contribution in [0, 0.1) is 0 Å². The van der Waals surface area contributed by atoms with Gasteiger partial charge in [0.25, 0.3) is 0 Å². The number of nitrogens with one attached hydrogen (secondary N) is 1. The molecule has 1 fully saturated rings. The molecule has 0 unspecified atom stereocenters. The van der Waals surface area contributed by atoms with Gasteiger partial charge in [0.1, 0.15) is 13.2 Å². The Balaban J connectivity index is 1.71. The summed E-state index contributed by atoms with van der Waals surface area (Å²) in [7, 11) is 0. The molecule has 1 aliphatic heterocycles. The standard InChI is InChI=1S/C15H18F3N3O2/c16-15(17,18)11-19-20-13-6-8-21(9-7-13)14(22)23-10-12-4-2-1-3-5-12/h1-5,19H,6-11H2. The van der Waals surface area contributed by atoms with Crippen molar-refractivity contribution in [2.75, 3.05) is 19.6 Å². The summed E-state index contributed by atoms with van der Waals surface area (Å²) < 4.78 is 41.2. The first-order valence-corrected chi connectivity index (χ1v) is 7.25. The molecule has 1 amide bonds. The van der Waals surface area contributed by atoms with Crippen LogP contribution in [-0.4, -0.2) is 42.5 Å². The molecule has 1 aromatic rings. The van der Waals surface area contributed by atoms with Crippen molar-refractivity contribution < 1.29 is 22.7 Å². The highest BCUT2D eigenvalue weighted by Crippen LogP contribution is 2.13. The number of hydrogen-bond donors (Lipinski definition) is 1. The van der Waals surface area contributed by atoms with Crippen molar-refractivity contribution >= 4 is 11.8 Å². The highest BCUT2D eigenvalue weighted by atomic mass is 19.4. The number of alkyl halides is 3. The van der Waals surface area contributed by atoms with Crippen molar-refractivity contribution in [2.45, 2.75) is 25.6 Å². The van der Waals surface area contributed by atoms with Gasteiger partial charge in [-0.05, 0) is 5.56 Å². The Bertz CT molecular complexity index is 537.